The molecular formula is C28H22F3N3O3. The summed E-state index contributed by atoms with van der Waals surface area (Å²) in [6.45, 7) is -0.876. The summed E-state index contributed by atoms with van der Waals surface area (Å²) in [5.41, 5.74) is 6.05. The number of nitrogens with zero attached hydrogens (tertiary/aromatic N) is 3. The average molecular weight is 505 g/mol. The number of alkyl halides is 2. The van der Waals surface area contributed by atoms with Crippen molar-refractivity contribution in [3.05, 3.63) is 99.8 Å². The normalized spacial score (nSPS) is 14.0. The molecule has 3 heterocycles. The van der Waals surface area contributed by atoms with E-state index in [0.29, 0.717) is 34.6 Å². The van der Waals surface area contributed by atoms with Gasteiger partial charge in [-0.15, -0.1) is 0 Å². The van der Waals surface area contributed by atoms with Crippen molar-refractivity contribution in [3.8, 4) is 17.6 Å². The Morgan fingerprint density at radius 2 is 2.00 bits per heavy atom. The summed E-state index contributed by atoms with van der Waals surface area (Å²) >= 11 is 0. The number of rotatable bonds is 6. The second-order valence-corrected chi connectivity index (χ2v) is 8.59. The highest BCUT2D eigenvalue weighted by Crippen LogP contribution is 2.39. The van der Waals surface area contributed by atoms with Crippen molar-refractivity contribution >= 4 is 11.2 Å². The highest BCUT2D eigenvalue weighted by Gasteiger charge is 2.23. The van der Waals surface area contributed by atoms with E-state index in [1.807, 2.05) is 18.2 Å². The van der Waals surface area contributed by atoms with Crippen molar-refractivity contribution in [2.45, 2.75) is 33.2 Å². The van der Waals surface area contributed by atoms with Gasteiger partial charge in [-0.25, -0.2) is 9.37 Å². The monoisotopic (exact) mass is 505 g/mol. The van der Waals surface area contributed by atoms with Crippen molar-refractivity contribution in [2.24, 2.45) is 0 Å². The Kier molecular flexibility index (Phi) is 6.59. The van der Waals surface area contributed by atoms with E-state index >= 15 is 0 Å². The van der Waals surface area contributed by atoms with Crippen LogP contribution in [0.25, 0.3) is 11.2 Å². The molecule has 9 heteroatoms. The number of pyridine rings is 1. The summed E-state index contributed by atoms with van der Waals surface area (Å²) in [6, 6.07) is 15.4. The maximum atomic E-state index is 13.9. The van der Waals surface area contributed by atoms with E-state index in [-0.39, 0.29) is 24.6 Å². The topological polar surface area (TPSA) is 68.8 Å². The molecule has 188 valence electrons. The van der Waals surface area contributed by atoms with Crippen LogP contribution < -0.4 is 9.47 Å². The van der Waals surface area contributed by atoms with Crippen LogP contribution in [0.5, 0.6) is 11.5 Å². The zero-order valence-corrected chi connectivity index (χ0v) is 20.1. The first-order valence-corrected chi connectivity index (χ1v) is 11.5. The van der Waals surface area contributed by atoms with Crippen molar-refractivity contribution in [3.63, 3.8) is 0 Å². The molecule has 0 saturated heterocycles. The van der Waals surface area contributed by atoms with Crippen LogP contribution >= 0.6 is 0 Å². The maximum absolute atomic E-state index is 13.9. The molecule has 0 unspecified atom stereocenters. The number of nitriles is 1. The van der Waals surface area contributed by atoms with Crippen molar-refractivity contribution < 1.29 is 27.4 Å². The van der Waals surface area contributed by atoms with Crippen LogP contribution in [0.2, 0.25) is 0 Å². The highest BCUT2D eigenvalue weighted by atomic mass is 19.3. The van der Waals surface area contributed by atoms with E-state index in [9.17, 15) is 18.4 Å². The predicted molar refractivity (Wildman–Crippen MR) is 130 cm³/mol. The van der Waals surface area contributed by atoms with Crippen LogP contribution in [0.4, 0.5) is 13.2 Å². The molecule has 0 bridgehead atoms. The van der Waals surface area contributed by atoms with Gasteiger partial charge in [-0.05, 0) is 47.9 Å². The number of imidazole rings is 1. The van der Waals surface area contributed by atoms with E-state index in [1.165, 1.54) is 25.3 Å². The molecule has 6 nitrogen and oxygen atoms in total. The Labute approximate surface area is 211 Å². The van der Waals surface area contributed by atoms with Gasteiger partial charge in [0.05, 0.1) is 24.1 Å². The summed E-state index contributed by atoms with van der Waals surface area (Å²) < 4.78 is 57.5. The molecule has 0 amide bonds. The number of allylic oxidation sites excluding steroid dienone is 1. The molecular weight excluding hydrogens is 483 g/mol. The number of benzene rings is 2. The first kappa shape index (κ1) is 24.4. The number of halogens is 3. The van der Waals surface area contributed by atoms with Gasteiger partial charge in [0.25, 0.3) is 0 Å². The molecule has 4 aromatic rings. The van der Waals surface area contributed by atoms with E-state index in [4.69, 9.17) is 9.47 Å². The Bertz CT molecular complexity index is 1570. The van der Waals surface area contributed by atoms with Gasteiger partial charge in [-0.2, -0.15) is 14.0 Å². The third-order valence-electron chi connectivity index (χ3n) is 6.24. The lowest BCUT2D eigenvalue weighted by Gasteiger charge is -2.13. The molecule has 0 saturated carbocycles. The van der Waals surface area contributed by atoms with Crippen LogP contribution in [0.15, 0.2) is 60.3 Å². The zero-order valence-electron chi connectivity index (χ0n) is 20.1. The Hall–Kier alpha value is -4.29. The number of aromatic nitrogens is 2. The van der Waals surface area contributed by atoms with E-state index in [0.717, 1.165) is 22.4 Å². The summed E-state index contributed by atoms with van der Waals surface area (Å²) in [6.07, 6.45) is 2.16. The quantitative estimate of drug-likeness (QED) is 0.299. The molecule has 1 aliphatic rings. The van der Waals surface area contributed by atoms with Crippen molar-refractivity contribution in [1.82, 2.24) is 9.38 Å². The zero-order chi connectivity index (χ0) is 26.1. The SMILES string of the molecule is COCc1nc2c(OC(F)F)cccn2c1Cc1ccc2c(c1)COc1cc(F)ccc1/C2=C(\C)C#N. The highest BCUT2D eigenvalue weighted by molar-refractivity contribution is 5.88. The standard InChI is InChI=1S/C28H22F3N3O3/c1-16(13-32)26-20-7-5-17(10-18(20)14-36-25-12-19(29)6-8-21(25)26)11-23-22(15-35-2)33-27-24(37-28(30)31)4-3-9-34(23)27/h3-10,12,28H,11,14-15H2,1-2H3/b26-16+. The third kappa shape index (κ3) is 4.63. The third-order valence-corrected chi connectivity index (χ3v) is 6.24. The number of hydrogen-bond acceptors (Lipinski definition) is 5. The molecule has 1 aliphatic heterocycles. The lowest BCUT2D eigenvalue weighted by molar-refractivity contribution is -0.0491. The molecule has 0 atom stereocenters. The van der Waals surface area contributed by atoms with Gasteiger partial charge in [0.15, 0.2) is 11.4 Å². The lowest BCUT2D eigenvalue weighted by atomic mass is 9.89. The molecule has 37 heavy (non-hydrogen) atoms. The predicted octanol–water partition coefficient (Wildman–Crippen LogP) is 6.05. The van der Waals surface area contributed by atoms with Crippen LogP contribution in [0, 0.1) is 17.1 Å². The molecule has 0 N–H and O–H groups in total. The Morgan fingerprint density at radius 3 is 2.76 bits per heavy atom. The molecule has 2 aromatic heterocycles. The van der Waals surface area contributed by atoms with E-state index in [2.05, 4.69) is 15.8 Å². The molecule has 0 radical (unpaired) electrons. The summed E-state index contributed by atoms with van der Waals surface area (Å²) in [5, 5.41) is 9.67. The molecule has 0 fully saturated rings. The minimum Gasteiger partial charge on any atom is -0.488 e. The number of hydrogen-bond donors (Lipinski definition) is 0. The minimum absolute atomic E-state index is 0.0248. The van der Waals surface area contributed by atoms with Crippen LogP contribution in [0.3, 0.4) is 0 Å². The van der Waals surface area contributed by atoms with Crippen molar-refractivity contribution in [2.75, 3.05) is 7.11 Å². The lowest BCUT2D eigenvalue weighted by Crippen LogP contribution is -2.04. The number of fused-ring (bicyclic) bond motifs is 3. The molecule has 5 rings (SSSR count). The van der Waals surface area contributed by atoms with Gasteiger partial charge in [-0.3, -0.25) is 0 Å². The minimum atomic E-state index is -2.97. The maximum Gasteiger partial charge on any atom is 0.387 e. The second-order valence-electron chi connectivity index (χ2n) is 8.59. The fraction of sp³-hybridized carbons (Fsp3) is 0.214. The first-order chi connectivity index (χ1) is 17.9. The number of ether oxygens (including phenoxy) is 3. The van der Waals surface area contributed by atoms with Gasteiger partial charge in [0.2, 0.25) is 0 Å². The van der Waals surface area contributed by atoms with Gasteiger partial charge < -0.3 is 18.6 Å². The Morgan fingerprint density at radius 1 is 1.19 bits per heavy atom. The largest absolute Gasteiger partial charge is 0.488 e. The molecule has 2 aromatic carbocycles. The fourth-order valence-electron chi connectivity index (χ4n) is 4.66. The van der Waals surface area contributed by atoms with Crippen molar-refractivity contribution in [1.29, 1.82) is 5.26 Å². The second kappa shape index (κ2) is 9.99. The summed E-state index contributed by atoms with van der Waals surface area (Å²) in [7, 11) is 1.54. The van der Waals surface area contributed by atoms with Crippen LogP contribution in [0.1, 0.15) is 40.6 Å². The number of methoxy groups -OCH3 is 1. The van der Waals surface area contributed by atoms with Crippen LogP contribution in [-0.4, -0.2) is 23.1 Å². The van der Waals surface area contributed by atoms with Gasteiger partial charge in [0.1, 0.15) is 18.2 Å². The average Bonchev–Trinajstić information content (AvgIpc) is 3.13. The Balaban J connectivity index is 1.59. The molecule has 0 aliphatic carbocycles. The summed E-state index contributed by atoms with van der Waals surface area (Å²) in [5.74, 6) is -0.0749. The summed E-state index contributed by atoms with van der Waals surface area (Å²) in [4.78, 5) is 4.51. The van der Waals surface area contributed by atoms with E-state index in [1.54, 1.807) is 29.7 Å². The van der Waals surface area contributed by atoms with Crippen LogP contribution in [-0.2, 0) is 24.4 Å². The van der Waals surface area contributed by atoms with Gasteiger partial charge in [0, 0.05) is 42.5 Å². The fourth-order valence-corrected chi connectivity index (χ4v) is 4.66. The molecule has 0 spiro atoms. The van der Waals surface area contributed by atoms with E-state index < -0.39 is 12.4 Å². The van der Waals surface area contributed by atoms with Gasteiger partial charge >= 0.3 is 6.61 Å². The first-order valence-electron chi connectivity index (χ1n) is 11.5. The smallest absolute Gasteiger partial charge is 0.387 e. The van der Waals surface area contributed by atoms with Gasteiger partial charge in [-0.1, -0.05) is 18.2 Å².